The average Bonchev–Trinajstić information content (AvgIpc) is 2.95. The van der Waals surface area contributed by atoms with Crippen molar-refractivity contribution in [1.82, 2.24) is 5.32 Å². The predicted molar refractivity (Wildman–Crippen MR) is 154 cm³/mol. The summed E-state index contributed by atoms with van der Waals surface area (Å²) < 4.78 is 0. The summed E-state index contributed by atoms with van der Waals surface area (Å²) in [5.41, 5.74) is 3.86. The predicted octanol–water partition coefficient (Wildman–Crippen LogP) is 7.60. The third-order valence-electron chi connectivity index (χ3n) is 7.14. The Hall–Kier alpha value is -3.75. The van der Waals surface area contributed by atoms with E-state index in [1.807, 2.05) is 42.5 Å². The van der Waals surface area contributed by atoms with Crippen LogP contribution in [0.2, 0.25) is 0 Å². The topological polar surface area (TPSA) is 29.1 Å². The van der Waals surface area contributed by atoms with Gasteiger partial charge in [-0.3, -0.25) is 10.1 Å². The lowest BCUT2D eigenvalue weighted by atomic mass is 9.75. The van der Waals surface area contributed by atoms with Crippen LogP contribution in [0.25, 0.3) is 0 Å². The van der Waals surface area contributed by atoms with Crippen molar-refractivity contribution in [2.24, 2.45) is 11.8 Å². The van der Waals surface area contributed by atoms with Crippen molar-refractivity contribution in [2.45, 2.75) is 38.3 Å². The highest BCUT2D eigenvalue weighted by Gasteiger charge is 2.40. The second-order valence-electron chi connectivity index (χ2n) is 10.1. The van der Waals surface area contributed by atoms with Crippen molar-refractivity contribution in [2.75, 3.05) is 0 Å². The fourth-order valence-electron chi connectivity index (χ4n) is 5.21. The minimum Gasteiger partial charge on any atom is -0.298 e. The van der Waals surface area contributed by atoms with Crippen LogP contribution in [-0.4, -0.2) is 11.8 Å². The number of benzene rings is 4. The molecule has 0 radical (unpaired) electrons. The first kappa shape index (κ1) is 26.3. The van der Waals surface area contributed by atoms with Gasteiger partial charge < -0.3 is 0 Å². The maximum Gasteiger partial charge on any atom is 0.150 e. The van der Waals surface area contributed by atoms with Crippen molar-refractivity contribution >= 4 is 5.78 Å². The Morgan fingerprint density at radius 2 is 1.14 bits per heavy atom. The highest BCUT2D eigenvalue weighted by molar-refractivity contribution is 5.85. The molecule has 37 heavy (non-hydrogen) atoms. The summed E-state index contributed by atoms with van der Waals surface area (Å²) in [6.45, 7) is 8.31. The average molecular weight is 488 g/mol. The Kier molecular flexibility index (Phi) is 8.87. The summed E-state index contributed by atoms with van der Waals surface area (Å²) >= 11 is 0. The fourth-order valence-corrected chi connectivity index (χ4v) is 5.21. The van der Waals surface area contributed by atoms with Gasteiger partial charge in [-0.15, -0.1) is 6.58 Å². The second-order valence-corrected chi connectivity index (χ2v) is 10.1. The van der Waals surface area contributed by atoms with Crippen LogP contribution in [0.15, 0.2) is 134 Å². The van der Waals surface area contributed by atoms with Crippen molar-refractivity contribution < 1.29 is 4.79 Å². The van der Waals surface area contributed by atoms with Gasteiger partial charge in [-0.25, -0.2) is 0 Å². The molecule has 0 bridgehead atoms. The third kappa shape index (κ3) is 6.15. The van der Waals surface area contributed by atoms with Gasteiger partial charge in [-0.2, -0.15) is 0 Å². The smallest absolute Gasteiger partial charge is 0.150 e. The molecular weight excluding hydrogens is 450 g/mol. The SMILES string of the molecule is C=CC(CC(=O)C(NC(c1ccccc1)(c1ccccc1)c1ccccc1)C(C)C)Cc1ccccc1. The zero-order valence-electron chi connectivity index (χ0n) is 21.9. The van der Waals surface area contributed by atoms with Crippen molar-refractivity contribution in [1.29, 1.82) is 0 Å². The van der Waals surface area contributed by atoms with E-state index in [0.29, 0.717) is 6.42 Å². The summed E-state index contributed by atoms with van der Waals surface area (Å²) in [5.74, 6) is 0.394. The molecule has 2 nitrogen and oxygen atoms in total. The van der Waals surface area contributed by atoms with Crippen molar-refractivity contribution in [3.63, 3.8) is 0 Å². The molecule has 0 aromatic heterocycles. The summed E-state index contributed by atoms with van der Waals surface area (Å²) in [7, 11) is 0. The molecule has 0 saturated heterocycles. The number of Topliss-reactive ketones (excluding diaryl/α,β-unsaturated/α-hetero) is 1. The van der Waals surface area contributed by atoms with Gasteiger partial charge in [0, 0.05) is 6.42 Å². The lowest BCUT2D eigenvalue weighted by molar-refractivity contribution is -0.123. The maximum atomic E-state index is 14.0. The number of carbonyl (C=O) groups excluding carboxylic acids is 1. The Bertz CT molecular complexity index is 1150. The van der Waals surface area contributed by atoms with Crippen molar-refractivity contribution in [3.8, 4) is 0 Å². The number of hydrogen-bond donors (Lipinski definition) is 1. The molecule has 0 saturated carbocycles. The monoisotopic (exact) mass is 487 g/mol. The van der Waals surface area contributed by atoms with Crippen LogP contribution >= 0.6 is 0 Å². The summed E-state index contributed by atoms with van der Waals surface area (Å²) in [6, 6.07) is 41.4. The van der Waals surface area contributed by atoms with Crippen LogP contribution < -0.4 is 5.32 Å². The molecule has 1 N–H and O–H groups in total. The summed E-state index contributed by atoms with van der Waals surface area (Å²) in [6.07, 6.45) is 3.19. The molecule has 2 heteroatoms. The lowest BCUT2D eigenvalue weighted by Crippen LogP contribution is -2.54. The van der Waals surface area contributed by atoms with Gasteiger partial charge in [0.15, 0.2) is 5.78 Å². The minimum absolute atomic E-state index is 0.0810. The van der Waals surface area contributed by atoms with Crippen LogP contribution in [0, 0.1) is 11.8 Å². The highest BCUT2D eigenvalue weighted by Crippen LogP contribution is 2.38. The van der Waals surface area contributed by atoms with E-state index in [2.05, 4.69) is 111 Å². The van der Waals surface area contributed by atoms with E-state index in [9.17, 15) is 4.79 Å². The van der Waals surface area contributed by atoms with Gasteiger partial charge in [0.05, 0.1) is 11.6 Å². The zero-order chi connectivity index (χ0) is 26.1. The van der Waals surface area contributed by atoms with E-state index in [-0.39, 0.29) is 23.7 Å². The summed E-state index contributed by atoms with van der Waals surface area (Å²) in [4.78, 5) is 14.0. The molecule has 0 fully saturated rings. The van der Waals surface area contributed by atoms with Crippen molar-refractivity contribution in [3.05, 3.63) is 156 Å². The number of rotatable bonds is 12. The van der Waals surface area contributed by atoms with Gasteiger partial charge >= 0.3 is 0 Å². The molecule has 4 aromatic carbocycles. The van der Waals surface area contributed by atoms with E-state index in [1.54, 1.807) is 0 Å². The molecule has 2 atom stereocenters. The van der Waals surface area contributed by atoms with Gasteiger partial charge in [-0.1, -0.05) is 141 Å². The largest absolute Gasteiger partial charge is 0.298 e. The molecule has 0 aliphatic heterocycles. The lowest BCUT2D eigenvalue weighted by Gasteiger charge is -2.41. The number of allylic oxidation sites excluding steroid dienone is 1. The molecule has 4 rings (SSSR count). The number of ketones is 1. The molecule has 2 unspecified atom stereocenters. The molecule has 0 spiro atoms. The first-order valence-corrected chi connectivity index (χ1v) is 13.2. The quantitative estimate of drug-likeness (QED) is 0.165. The van der Waals surface area contributed by atoms with Gasteiger partial charge in [0.25, 0.3) is 0 Å². The Balaban J connectivity index is 1.75. The van der Waals surface area contributed by atoms with Gasteiger partial charge in [-0.05, 0) is 40.5 Å². The second kappa shape index (κ2) is 12.5. The fraction of sp³-hybridized carbons (Fsp3) is 0.229. The molecule has 4 aromatic rings. The number of hydrogen-bond acceptors (Lipinski definition) is 2. The van der Waals surface area contributed by atoms with Gasteiger partial charge in [0.1, 0.15) is 0 Å². The van der Waals surface area contributed by atoms with E-state index in [4.69, 9.17) is 0 Å². The van der Waals surface area contributed by atoms with Crippen LogP contribution in [0.3, 0.4) is 0 Å². The Morgan fingerprint density at radius 3 is 1.51 bits per heavy atom. The molecule has 188 valence electrons. The number of nitrogens with one attached hydrogen (secondary N) is 1. The van der Waals surface area contributed by atoms with Gasteiger partial charge in [0.2, 0.25) is 0 Å². The Labute approximate surface area is 222 Å². The molecule has 0 amide bonds. The zero-order valence-corrected chi connectivity index (χ0v) is 21.9. The molecule has 0 heterocycles. The number of carbonyl (C=O) groups is 1. The Morgan fingerprint density at radius 1 is 0.730 bits per heavy atom. The van der Waals surface area contributed by atoms with E-state index in [1.165, 1.54) is 5.56 Å². The van der Waals surface area contributed by atoms with E-state index >= 15 is 0 Å². The van der Waals surface area contributed by atoms with Crippen LogP contribution in [0.5, 0.6) is 0 Å². The van der Waals surface area contributed by atoms with E-state index < -0.39 is 5.54 Å². The molecule has 0 aliphatic rings. The maximum absolute atomic E-state index is 14.0. The standard InChI is InChI=1S/C35H37NO/c1-4-28(25-29-17-9-5-10-18-29)26-33(37)34(27(2)3)36-35(30-19-11-6-12-20-30,31-21-13-7-14-22-31)32-23-15-8-16-24-32/h4-24,27-28,34,36H,1,25-26H2,2-3H3. The van der Waals surface area contributed by atoms with Crippen LogP contribution in [0.1, 0.15) is 42.5 Å². The van der Waals surface area contributed by atoms with E-state index in [0.717, 1.165) is 23.1 Å². The van der Waals surface area contributed by atoms with Crippen LogP contribution in [-0.2, 0) is 16.8 Å². The highest BCUT2D eigenvalue weighted by atomic mass is 16.1. The summed E-state index contributed by atoms with van der Waals surface area (Å²) in [5, 5.41) is 3.93. The third-order valence-corrected chi connectivity index (χ3v) is 7.14. The first-order valence-electron chi connectivity index (χ1n) is 13.2. The molecule has 0 aliphatic carbocycles. The normalized spacial score (nSPS) is 13.2. The van der Waals surface area contributed by atoms with Crippen LogP contribution in [0.4, 0.5) is 0 Å². The molecular formula is C35H37NO. The first-order chi connectivity index (χ1) is 18.0. The minimum atomic E-state index is -0.683.